The fraction of sp³-hybridized carbons (Fsp3) is 0.857. The molecule has 0 radical (unpaired) electrons. The summed E-state index contributed by atoms with van der Waals surface area (Å²) in [7, 11) is 0. The second-order valence-electron chi connectivity index (χ2n) is 6.58. The van der Waals surface area contributed by atoms with Crippen molar-refractivity contribution in [3.63, 3.8) is 0 Å². The highest BCUT2D eigenvalue weighted by molar-refractivity contribution is 5.76. The summed E-state index contributed by atoms with van der Waals surface area (Å²) in [5.41, 5.74) is 0.161. The molecule has 0 aromatic rings. The highest BCUT2D eigenvalue weighted by Gasteiger charge is 2.65. The summed E-state index contributed by atoms with van der Waals surface area (Å²) in [6.45, 7) is 10.5. The topological polar surface area (TPSA) is 78.4 Å². The van der Waals surface area contributed by atoms with Crippen LogP contribution in [-0.4, -0.2) is 29.2 Å². The molecule has 110 valence electrons. The maximum absolute atomic E-state index is 11.9. The lowest BCUT2D eigenvalue weighted by Gasteiger charge is -2.17. The Balaban J connectivity index is 2.48. The first-order chi connectivity index (χ1) is 8.62. The first-order valence-corrected chi connectivity index (χ1v) is 6.91. The molecule has 3 N–H and O–H groups in total. The lowest BCUT2D eigenvalue weighted by Crippen LogP contribution is -2.45. The Bertz CT molecular complexity index is 350. The highest BCUT2D eigenvalue weighted by atomic mass is 16.4. The zero-order chi connectivity index (χ0) is 14.8. The molecule has 1 aliphatic rings. The molecule has 1 atom stereocenters. The van der Waals surface area contributed by atoms with Crippen molar-refractivity contribution in [2.45, 2.75) is 66.0 Å². The van der Waals surface area contributed by atoms with Crippen LogP contribution in [0.15, 0.2) is 0 Å². The Morgan fingerprint density at radius 2 is 1.74 bits per heavy atom. The number of carbonyl (C=O) groups is 2. The van der Waals surface area contributed by atoms with Gasteiger partial charge in [0.15, 0.2) is 0 Å². The summed E-state index contributed by atoms with van der Waals surface area (Å²) >= 11 is 0. The van der Waals surface area contributed by atoms with Gasteiger partial charge in [-0.1, -0.05) is 41.0 Å². The standard InChI is InChI=1S/C14H26N2O3/c1-6-7-9(8-10(17)18)15-12(19)16-11-13(2,3)14(11,4)5/h9,11H,6-8H2,1-5H3,(H,17,18)(H2,15,16,19). The van der Waals surface area contributed by atoms with Gasteiger partial charge in [-0.15, -0.1) is 0 Å². The van der Waals surface area contributed by atoms with Gasteiger partial charge in [0.1, 0.15) is 0 Å². The van der Waals surface area contributed by atoms with E-state index in [4.69, 9.17) is 5.11 Å². The Kier molecular flexibility index (Phi) is 4.48. The van der Waals surface area contributed by atoms with Gasteiger partial charge >= 0.3 is 12.0 Å². The third-order valence-electron chi connectivity index (χ3n) is 4.69. The largest absolute Gasteiger partial charge is 0.481 e. The van der Waals surface area contributed by atoms with Crippen LogP contribution < -0.4 is 10.6 Å². The van der Waals surface area contributed by atoms with Crippen molar-refractivity contribution in [3.8, 4) is 0 Å². The number of urea groups is 1. The van der Waals surface area contributed by atoms with Gasteiger partial charge in [-0.05, 0) is 17.3 Å². The molecule has 0 aromatic heterocycles. The lowest BCUT2D eigenvalue weighted by molar-refractivity contribution is -0.137. The zero-order valence-corrected chi connectivity index (χ0v) is 12.5. The van der Waals surface area contributed by atoms with Gasteiger partial charge in [0.05, 0.1) is 6.42 Å². The predicted molar refractivity (Wildman–Crippen MR) is 74.0 cm³/mol. The van der Waals surface area contributed by atoms with Crippen molar-refractivity contribution in [1.82, 2.24) is 10.6 Å². The Labute approximate surface area is 115 Å². The Morgan fingerprint density at radius 3 is 2.11 bits per heavy atom. The van der Waals surface area contributed by atoms with Crippen LogP contribution in [0, 0.1) is 10.8 Å². The minimum atomic E-state index is -0.883. The number of hydrogen-bond acceptors (Lipinski definition) is 2. The average molecular weight is 270 g/mol. The first-order valence-electron chi connectivity index (χ1n) is 6.91. The van der Waals surface area contributed by atoms with E-state index in [0.717, 1.165) is 6.42 Å². The number of hydrogen-bond donors (Lipinski definition) is 3. The highest BCUT2D eigenvalue weighted by Crippen LogP contribution is 2.62. The summed E-state index contributed by atoms with van der Waals surface area (Å²) in [4.78, 5) is 22.7. The molecule has 1 fully saturated rings. The van der Waals surface area contributed by atoms with Gasteiger partial charge < -0.3 is 15.7 Å². The van der Waals surface area contributed by atoms with Crippen LogP contribution in [0.2, 0.25) is 0 Å². The first kappa shape index (κ1) is 15.8. The van der Waals surface area contributed by atoms with E-state index in [9.17, 15) is 9.59 Å². The third-order valence-corrected chi connectivity index (χ3v) is 4.69. The van der Waals surface area contributed by atoms with E-state index >= 15 is 0 Å². The predicted octanol–water partition coefficient (Wildman–Crippen LogP) is 2.36. The fourth-order valence-electron chi connectivity index (χ4n) is 2.70. The van der Waals surface area contributed by atoms with Crippen LogP contribution in [0.1, 0.15) is 53.9 Å². The fourth-order valence-corrected chi connectivity index (χ4v) is 2.70. The zero-order valence-electron chi connectivity index (χ0n) is 12.5. The maximum Gasteiger partial charge on any atom is 0.315 e. The van der Waals surface area contributed by atoms with E-state index in [2.05, 4.69) is 38.3 Å². The van der Waals surface area contributed by atoms with E-state index in [1.807, 2.05) is 6.92 Å². The summed E-state index contributed by atoms with van der Waals surface area (Å²) in [6.07, 6.45) is 1.49. The van der Waals surface area contributed by atoms with Crippen LogP contribution in [-0.2, 0) is 4.79 Å². The summed E-state index contributed by atoms with van der Waals surface area (Å²) in [5.74, 6) is -0.883. The van der Waals surface area contributed by atoms with E-state index in [0.29, 0.717) is 6.42 Å². The van der Waals surface area contributed by atoms with Crippen LogP contribution in [0.3, 0.4) is 0 Å². The van der Waals surface area contributed by atoms with Gasteiger partial charge in [-0.2, -0.15) is 0 Å². The molecule has 0 aromatic carbocycles. The van der Waals surface area contributed by atoms with E-state index in [-0.39, 0.29) is 35.4 Å². The van der Waals surface area contributed by atoms with Gasteiger partial charge in [0, 0.05) is 12.1 Å². The average Bonchev–Trinajstić information content (AvgIpc) is 2.60. The van der Waals surface area contributed by atoms with Crippen molar-refractivity contribution in [1.29, 1.82) is 0 Å². The molecule has 2 amide bonds. The molecule has 0 aliphatic heterocycles. The SMILES string of the molecule is CCCC(CC(=O)O)NC(=O)NC1C(C)(C)C1(C)C. The molecule has 0 saturated heterocycles. The van der Waals surface area contributed by atoms with E-state index in [1.54, 1.807) is 0 Å². The summed E-state index contributed by atoms with van der Waals surface area (Å²) in [6, 6.07) is -0.428. The second-order valence-corrected chi connectivity index (χ2v) is 6.58. The summed E-state index contributed by atoms with van der Waals surface area (Å²) in [5, 5.41) is 14.5. The van der Waals surface area contributed by atoms with Crippen molar-refractivity contribution in [3.05, 3.63) is 0 Å². The quantitative estimate of drug-likeness (QED) is 0.693. The van der Waals surface area contributed by atoms with Crippen LogP contribution >= 0.6 is 0 Å². The molecule has 1 unspecified atom stereocenters. The number of amides is 2. The number of rotatable bonds is 6. The number of carboxylic acids is 1. The molecule has 0 bridgehead atoms. The maximum atomic E-state index is 11.9. The second kappa shape index (κ2) is 5.39. The smallest absolute Gasteiger partial charge is 0.315 e. The van der Waals surface area contributed by atoms with Crippen molar-refractivity contribution >= 4 is 12.0 Å². The molecule has 1 aliphatic carbocycles. The third kappa shape index (κ3) is 3.39. The number of carboxylic acid groups (broad SMARTS) is 1. The van der Waals surface area contributed by atoms with E-state index in [1.165, 1.54) is 0 Å². The molecule has 0 heterocycles. The van der Waals surface area contributed by atoms with Gasteiger partial charge in [0.25, 0.3) is 0 Å². The minimum Gasteiger partial charge on any atom is -0.481 e. The Hall–Kier alpha value is -1.26. The van der Waals surface area contributed by atoms with Crippen LogP contribution in [0.4, 0.5) is 4.79 Å². The molecular formula is C14H26N2O3. The molecule has 1 rings (SSSR count). The van der Waals surface area contributed by atoms with Crippen LogP contribution in [0.5, 0.6) is 0 Å². The molecule has 0 spiro atoms. The van der Waals surface area contributed by atoms with Crippen molar-refractivity contribution < 1.29 is 14.7 Å². The molecule has 19 heavy (non-hydrogen) atoms. The Morgan fingerprint density at radius 1 is 1.21 bits per heavy atom. The summed E-state index contributed by atoms with van der Waals surface area (Å²) < 4.78 is 0. The monoisotopic (exact) mass is 270 g/mol. The minimum absolute atomic E-state index is 0.0291. The van der Waals surface area contributed by atoms with Gasteiger partial charge in [-0.25, -0.2) is 4.79 Å². The van der Waals surface area contributed by atoms with Gasteiger partial charge in [0.2, 0.25) is 0 Å². The van der Waals surface area contributed by atoms with Gasteiger partial charge in [-0.3, -0.25) is 4.79 Å². The van der Waals surface area contributed by atoms with Crippen molar-refractivity contribution in [2.24, 2.45) is 10.8 Å². The number of carbonyl (C=O) groups excluding carboxylic acids is 1. The lowest BCUT2D eigenvalue weighted by atomic mass is 10.0. The molecule has 1 saturated carbocycles. The molecule has 5 heteroatoms. The van der Waals surface area contributed by atoms with Crippen LogP contribution in [0.25, 0.3) is 0 Å². The molecular weight excluding hydrogens is 244 g/mol. The van der Waals surface area contributed by atoms with Crippen molar-refractivity contribution in [2.75, 3.05) is 0 Å². The number of aliphatic carboxylic acids is 1. The molecule has 5 nitrogen and oxygen atoms in total. The van der Waals surface area contributed by atoms with E-state index < -0.39 is 5.97 Å². The normalized spacial score (nSPS) is 21.5. The number of nitrogens with one attached hydrogen (secondary N) is 2.